The average molecular weight is 288 g/mol. The first-order valence-corrected chi connectivity index (χ1v) is 5.57. The molecular weight excluding hydrogens is 275 g/mol. The van der Waals surface area contributed by atoms with Crippen LogP contribution in [0.3, 0.4) is 0 Å². The van der Waals surface area contributed by atoms with Crippen molar-refractivity contribution < 1.29 is 4.79 Å². The minimum Gasteiger partial charge on any atom is -0.298 e. The summed E-state index contributed by atoms with van der Waals surface area (Å²) in [6.45, 7) is 4.18. The van der Waals surface area contributed by atoms with Gasteiger partial charge in [-0.25, -0.2) is 0 Å². The Hall–Kier alpha value is -0.380. The number of rotatable bonds is 3. The third-order valence-electron chi connectivity index (χ3n) is 2.20. The quantitative estimate of drug-likeness (QED) is 0.616. The summed E-state index contributed by atoms with van der Waals surface area (Å²) >= 11 is 2.33. The van der Waals surface area contributed by atoms with Crippen LogP contribution < -0.4 is 0 Å². The molecule has 0 aliphatic carbocycles. The molecule has 1 nitrogen and oxygen atoms in total. The maximum atomic E-state index is 10.8. The molecular formula is C11H13IO. The molecule has 1 rings (SSSR count). The molecule has 0 heterocycles. The normalized spacial score (nSPS) is 10.1. The first-order valence-electron chi connectivity index (χ1n) is 4.49. The van der Waals surface area contributed by atoms with Gasteiger partial charge in [-0.15, -0.1) is 0 Å². The van der Waals surface area contributed by atoms with E-state index in [-0.39, 0.29) is 0 Å². The van der Waals surface area contributed by atoms with Crippen molar-refractivity contribution in [1.29, 1.82) is 0 Å². The molecule has 0 atom stereocenters. The monoisotopic (exact) mass is 288 g/mol. The Balaban J connectivity index is 3.26. The molecule has 0 saturated carbocycles. The van der Waals surface area contributed by atoms with E-state index in [1.807, 2.05) is 6.07 Å². The van der Waals surface area contributed by atoms with Crippen molar-refractivity contribution >= 4 is 28.9 Å². The summed E-state index contributed by atoms with van der Waals surface area (Å²) in [7, 11) is 0. The number of hydrogen-bond donors (Lipinski definition) is 0. The van der Waals surface area contributed by atoms with Gasteiger partial charge in [-0.05, 0) is 58.7 Å². The van der Waals surface area contributed by atoms with Gasteiger partial charge in [0.1, 0.15) is 6.29 Å². The van der Waals surface area contributed by atoms with Gasteiger partial charge in [-0.3, -0.25) is 4.79 Å². The first-order chi connectivity index (χ1) is 6.22. The van der Waals surface area contributed by atoms with Gasteiger partial charge in [0.15, 0.2) is 0 Å². The van der Waals surface area contributed by atoms with Crippen LogP contribution in [-0.2, 0) is 12.8 Å². The van der Waals surface area contributed by atoms with Gasteiger partial charge in [0.2, 0.25) is 0 Å². The highest BCUT2D eigenvalue weighted by atomic mass is 127. The van der Waals surface area contributed by atoms with Crippen LogP contribution in [0.15, 0.2) is 12.1 Å². The number of aldehydes is 1. The van der Waals surface area contributed by atoms with Crippen LogP contribution in [0.5, 0.6) is 0 Å². The summed E-state index contributed by atoms with van der Waals surface area (Å²) in [5.41, 5.74) is 3.26. The molecule has 0 saturated heterocycles. The summed E-state index contributed by atoms with van der Waals surface area (Å²) in [5.74, 6) is 0. The predicted molar refractivity (Wildman–Crippen MR) is 63.3 cm³/mol. The number of aryl methyl sites for hydroxylation is 2. The molecule has 1 aromatic carbocycles. The Kier molecular flexibility index (Phi) is 3.90. The molecule has 0 aliphatic heterocycles. The van der Waals surface area contributed by atoms with Crippen molar-refractivity contribution in [2.75, 3.05) is 0 Å². The molecule has 13 heavy (non-hydrogen) atoms. The van der Waals surface area contributed by atoms with E-state index in [9.17, 15) is 4.79 Å². The average Bonchev–Trinajstić information content (AvgIpc) is 2.17. The van der Waals surface area contributed by atoms with Crippen LogP contribution >= 0.6 is 22.6 Å². The molecule has 0 aliphatic rings. The Labute approximate surface area is 92.7 Å². The van der Waals surface area contributed by atoms with E-state index >= 15 is 0 Å². The Bertz CT molecular complexity index is 318. The van der Waals surface area contributed by atoms with Gasteiger partial charge in [0, 0.05) is 9.13 Å². The Morgan fingerprint density at radius 2 is 1.85 bits per heavy atom. The topological polar surface area (TPSA) is 17.1 Å². The first kappa shape index (κ1) is 10.7. The van der Waals surface area contributed by atoms with Crippen LogP contribution in [0, 0.1) is 3.57 Å². The largest absolute Gasteiger partial charge is 0.298 e. The maximum absolute atomic E-state index is 10.8. The lowest BCUT2D eigenvalue weighted by Crippen LogP contribution is -1.96. The zero-order valence-electron chi connectivity index (χ0n) is 7.93. The fourth-order valence-electron chi connectivity index (χ4n) is 1.37. The number of hydrogen-bond acceptors (Lipinski definition) is 1. The van der Waals surface area contributed by atoms with E-state index in [0.29, 0.717) is 0 Å². The van der Waals surface area contributed by atoms with Crippen LogP contribution in [0.25, 0.3) is 0 Å². The van der Waals surface area contributed by atoms with E-state index in [2.05, 4.69) is 42.5 Å². The minimum absolute atomic E-state index is 0.847. The van der Waals surface area contributed by atoms with Crippen LogP contribution in [0.4, 0.5) is 0 Å². The maximum Gasteiger partial charge on any atom is 0.150 e. The highest BCUT2D eigenvalue weighted by Crippen LogP contribution is 2.19. The van der Waals surface area contributed by atoms with Crippen molar-refractivity contribution in [2.24, 2.45) is 0 Å². The number of benzene rings is 1. The van der Waals surface area contributed by atoms with Crippen LogP contribution in [0.1, 0.15) is 35.3 Å². The van der Waals surface area contributed by atoms with Crippen molar-refractivity contribution in [3.63, 3.8) is 0 Å². The molecule has 0 fully saturated rings. The minimum atomic E-state index is 0.847. The second-order valence-corrected chi connectivity index (χ2v) is 4.13. The third-order valence-corrected chi connectivity index (χ3v) is 3.20. The fraction of sp³-hybridized carbons (Fsp3) is 0.364. The molecule has 1 aromatic rings. The van der Waals surface area contributed by atoms with Gasteiger partial charge >= 0.3 is 0 Å². The Morgan fingerprint density at radius 3 is 2.31 bits per heavy atom. The summed E-state index contributed by atoms with van der Waals surface area (Å²) in [4.78, 5) is 10.8. The summed E-state index contributed by atoms with van der Waals surface area (Å²) in [6, 6.07) is 4.12. The van der Waals surface area contributed by atoms with Crippen molar-refractivity contribution in [3.8, 4) is 0 Å². The molecule has 0 amide bonds. The van der Waals surface area contributed by atoms with Gasteiger partial charge in [-0.2, -0.15) is 0 Å². The molecule has 70 valence electrons. The molecule has 0 unspecified atom stereocenters. The Morgan fingerprint density at radius 1 is 1.23 bits per heavy atom. The van der Waals surface area contributed by atoms with Gasteiger partial charge in [0.25, 0.3) is 0 Å². The molecule has 0 aromatic heterocycles. The highest BCUT2D eigenvalue weighted by Gasteiger charge is 2.04. The molecule has 0 radical (unpaired) electrons. The highest BCUT2D eigenvalue weighted by molar-refractivity contribution is 14.1. The number of halogens is 1. The van der Waals surface area contributed by atoms with Crippen LogP contribution in [0.2, 0.25) is 0 Å². The van der Waals surface area contributed by atoms with Crippen molar-refractivity contribution in [2.45, 2.75) is 26.7 Å². The molecule has 0 N–H and O–H groups in total. The zero-order valence-corrected chi connectivity index (χ0v) is 10.1. The molecule has 0 spiro atoms. The lowest BCUT2D eigenvalue weighted by molar-refractivity contribution is 0.112. The number of carbonyl (C=O) groups excluding carboxylic acids is 1. The van der Waals surface area contributed by atoms with Gasteiger partial charge < -0.3 is 0 Å². The second-order valence-electron chi connectivity index (χ2n) is 2.97. The molecule has 0 bridgehead atoms. The van der Waals surface area contributed by atoms with E-state index in [1.165, 1.54) is 9.13 Å². The second kappa shape index (κ2) is 4.74. The van der Waals surface area contributed by atoms with Crippen LogP contribution in [-0.4, -0.2) is 6.29 Å². The lowest BCUT2D eigenvalue weighted by atomic mass is 10.0. The van der Waals surface area contributed by atoms with E-state index in [0.717, 1.165) is 30.3 Å². The predicted octanol–water partition coefficient (Wildman–Crippen LogP) is 3.23. The van der Waals surface area contributed by atoms with E-state index < -0.39 is 0 Å². The van der Waals surface area contributed by atoms with E-state index in [4.69, 9.17) is 0 Å². The zero-order chi connectivity index (χ0) is 9.84. The van der Waals surface area contributed by atoms with Gasteiger partial charge in [0.05, 0.1) is 0 Å². The van der Waals surface area contributed by atoms with Gasteiger partial charge in [-0.1, -0.05) is 13.8 Å². The fourth-order valence-corrected chi connectivity index (χ4v) is 2.28. The standard InChI is InChI=1S/C11H13IO/c1-3-8-6-11(12)9(4-2)5-10(8)7-13/h5-7H,3-4H2,1-2H3. The van der Waals surface area contributed by atoms with E-state index in [1.54, 1.807) is 0 Å². The number of carbonyl (C=O) groups is 1. The summed E-state index contributed by atoms with van der Waals surface area (Å²) in [6.07, 6.45) is 2.87. The summed E-state index contributed by atoms with van der Waals surface area (Å²) in [5, 5.41) is 0. The third kappa shape index (κ3) is 2.30. The summed E-state index contributed by atoms with van der Waals surface area (Å²) < 4.78 is 1.27. The lowest BCUT2D eigenvalue weighted by Gasteiger charge is -2.07. The van der Waals surface area contributed by atoms with Crippen molar-refractivity contribution in [3.05, 3.63) is 32.4 Å². The molecule has 2 heteroatoms. The smallest absolute Gasteiger partial charge is 0.150 e. The van der Waals surface area contributed by atoms with Crippen molar-refractivity contribution in [1.82, 2.24) is 0 Å². The SMILES string of the molecule is CCc1cc(C=O)c(CC)cc1I.